The predicted molar refractivity (Wildman–Crippen MR) is 67.4 cm³/mol. The summed E-state index contributed by atoms with van der Waals surface area (Å²) in [6.45, 7) is 2.55. The summed E-state index contributed by atoms with van der Waals surface area (Å²) in [7, 11) is 0. The van der Waals surface area contributed by atoms with Crippen LogP contribution in [0.3, 0.4) is 0 Å². The van der Waals surface area contributed by atoms with Gasteiger partial charge in [-0.2, -0.15) is 0 Å². The number of fused-ring (bicyclic) bond motifs is 1. The van der Waals surface area contributed by atoms with Gasteiger partial charge in [-0.3, -0.25) is 4.79 Å². The molecule has 0 radical (unpaired) electrons. The first kappa shape index (κ1) is 11.3. The number of carboxylic acid groups (broad SMARTS) is 1. The van der Waals surface area contributed by atoms with Crippen LogP contribution in [0.2, 0.25) is 0 Å². The second-order valence-electron chi connectivity index (χ2n) is 4.87. The highest BCUT2D eigenvalue weighted by atomic mass is 16.4. The molecule has 0 saturated carbocycles. The van der Waals surface area contributed by atoms with E-state index in [1.165, 1.54) is 0 Å². The number of carboxylic acids is 1. The molecule has 0 aliphatic carbocycles. The molecule has 1 fully saturated rings. The molecular weight excluding hydrogens is 230 g/mol. The Bertz CT molecular complexity index is 602. The molecule has 2 aromatic rings. The third-order valence-corrected chi connectivity index (χ3v) is 3.67. The van der Waals surface area contributed by atoms with E-state index in [-0.39, 0.29) is 12.0 Å². The minimum Gasteiger partial charge on any atom is -0.481 e. The molecule has 3 rings (SSSR count). The second kappa shape index (κ2) is 4.14. The number of furan rings is 1. The van der Waals surface area contributed by atoms with E-state index in [4.69, 9.17) is 9.52 Å². The molecule has 1 aromatic carbocycles. The fourth-order valence-corrected chi connectivity index (χ4v) is 2.73. The zero-order chi connectivity index (χ0) is 12.7. The van der Waals surface area contributed by atoms with Crippen LogP contribution in [-0.4, -0.2) is 17.6 Å². The minimum absolute atomic E-state index is 0.103. The maximum Gasteiger partial charge on any atom is 0.307 e. The highest BCUT2D eigenvalue weighted by molar-refractivity contribution is 5.85. The maximum absolute atomic E-state index is 11.0. The van der Waals surface area contributed by atoms with Gasteiger partial charge < -0.3 is 14.8 Å². The van der Waals surface area contributed by atoms with Crippen LogP contribution in [0.5, 0.6) is 0 Å². The molecule has 0 spiro atoms. The van der Waals surface area contributed by atoms with Crippen LogP contribution in [-0.2, 0) is 4.79 Å². The molecule has 0 amide bonds. The van der Waals surface area contributed by atoms with Crippen molar-refractivity contribution in [2.75, 3.05) is 6.54 Å². The maximum atomic E-state index is 11.0. The Kier molecular flexibility index (Phi) is 2.59. The van der Waals surface area contributed by atoms with Gasteiger partial charge >= 0.3 is 5.97 Å². The van der Waals surface area contributed by atoms with Crippen LogP contribution in [0.15, 0.2) is 28.9 Å². The lowest BCUT2D eigenvalue weighted by Gasteiger charge is -2.12. The summed E-state index contributed by atoms with van der Waals surface area (Å²) < 4.78 is 5.48. The van der Waals surface area contributed by atoms with E-state index in [1.807, 2.05) is 25.1 Å². The van der Waals surface area contributed by atoms with Crippen molar-refractivity contribution < 1.29 is 14.3 Å². The second-order valence-corrected chi connectivity index (χ2v) is 4.87. The number of aryl methyl sites for hydroxylation is 1. The van der Waals surface area contributed by atoms with Crippen molar-refractivity contribution >= 4 is 16.9 Å². The number of hydrogen-bond acceptors (Lipinski definition) is 3. The molecule has 4 heteroatoms. The Labute approximate surface area is 105 Å². The number of nitrogens with one attached hydrogen (secondary N) is 1. The molecule has 2 unspecified atom stereocenters. The SMILES string of the molecule is Cc1coc2cccc(C3CC(C(=O)O)CN3)c12. The van der Waals surface area contributed by atoms with Gasteiger partial charge in [0.05, 0.1) is 12.2 Å². The smallest absolute Gasteiger partial charge is 0.307 e. The first-order valence-electron chi connectivity index (χ1n) is 6.09. The quantitative estimate of drug-likeness (QED) is 0.853. The van der Waals surface area contributed by atoms with Gasteiger partial charge in [-0.1, -0.05) is 12.1 Å². The average molecular weight is 245 g/mol. The van der Waals surface area contributed by atoms with Gasteiger partial charge in [-0.05, 0) is 30.5 Å². The van der Waals surface area contributed by atoms with Gasteiger partial charge in [0.2, 0.25) is 0 Å². The van der Waals surface area contributed by atoms with E-state index >= 15 is 0 Å². The fourth-order valence-electron chi connectivity index (χ4n) is 2.73. The molecular formula is C14H15NO3. The largest absolute Gasteiger partial charge is 0.481 e. The highest BCUT2D eigenvalue weighted by Crippen LogP contribution is 2.34. The Morgan fingerprint density at radius 2 is 2.33 bits per heavy atom. The third-order valence-electron chi connectivity index (χ3n) is 3.67. The van der Waals surface area contributed by atoms with Gasteiger partial charge in [-0.25, -0.2) is 0 Å². The number of aliphatic carboxylic acids is 1. The Morgan fingerprint density at radius 1 is 1.50 bits per heavy atom. The van der Waals surface area contributed by atoms with E-state index in [0.717, 1.165) is 22.1 Å². The summed E-state index contributed by atoms with van der Waals surface area (Å²) in [5.41, 5.74) is 3.11. The Hall–Kier alpha value is -1.81. The molecule has 2 atom stereocenters. The Balaban J connectivity index is 2.00. The molecule has 4 nitrogen and oxygen atoms in total. The molecule has 1 aliphatic heterocycles. The van der Waals surface area contributed by atoms with Crippen molar-refractivity contribution in [2.24, 2.45) is 5.92 Å². The lowest BCUT2D eigenvalue weighted by molar-refractivity contribution is -0.141. The van der Waals surface area contributed by atoms with Crippen LogP contribution in [0.4, 0.5) is 0 Å². The number of benzene rings is 1. The van der Waals surface area contributed by atoms with Gasteiger partial charge in [-0.15, -0.1) is 0 Å². The summed E-state index contributed by atoms with van der Waals surface area (Å²) in [6, 6.07) is 6.05. The van der Waals surface area contributed by atoms with E-state index in [9.17, 15) is 4.79 Å². The van der Waals surface area contributed by atoms with Crippen LogP contribution in [0.25, 0.3) is 11.0 Å². The van der Waals surface area contributed by atoms with Crippen LogP contribution in [0.1, 0.15) is 23.6 Å². The molecule has 1 saturated heterocycles. The molecule has 2 N–H and O–H groups in total. The van der Waals surface area contributed by atoms with E-state index in [2.05, 4.69) is 5.32 Å². The summed E-state index contributed by atoms with van der Waals surface area (Å²) >= 11 is 0. The summed E-state index contributed by atoms with van der Waals surface area (Å²) in [6.07, 6.45) is 2.39. The van der Waals surface area contributed by atoms with Crippen LogP contribution >= 0.6 is 0 Å². The van der Waals surface area contributed by atoms with Crippen molar-refractivity contribution in [3.05, 3.63) is 35.6 Å². The average Bonchev–Trinajstić information content (AvgIpc) is 2.96. The van der Waals surface area contributed by atoms with Crippen molar-refractivity contribution in [1.82, 2.24) is 5.32 Å². The topological polar surface area (TPSA) is 62.5 Å². The zero-order valence-electron chi connectivity index (χ0n) is 10.1. The summed E-state index contributed by atoms with van der Waals surface area (Å²) in [5, 5.41) is 13.5. The van der Waals surface area contributed by atoms with Gasteiger partial charge in [0.1, 0.15) is 5.58 Å². The van der Waals surface area contributed by atoms with E-state index in [1.54, 1.807) is 6.26 Å². The molecule has 1 aromatic heterocycles. The highest BCUT2D eigenvalue weighted by Gasteiger charge is 2.31. The Morgan fingerprint density at radius 3 is 3.06 bits per heavy atom. The number of carbonyl (C=O) groups is 1. The minimum atomic E-state index is -0.721. The van der Waals surface area contributed by atoms with Gasteiger partial charge in [0, 0.05) is 18.0 Å². The lowest BCUT2D eigenvalue weighted by Crippen LogP contribution is -2.17. The first-order chi connectivity index (χ1) is 8.66. The monoisotopic (exact) mass is 245 g/mol. The molecule has 0 bridgehead atoms. The van der Waals surface area contributed by atoms with E-state index < -0.39 is 5.97 Å². The fraction of sp³-hybridized carbons (Fsp3) is 0.357. The number of rotatable bonds is 2. The van der Waals surface area contributed by atoms with Crippen LogP contribution < -0.4 is 5.32 Å². The number of hydrogen-bond donors (Lipinski definition) is 2. The summed E-state index contributed by atoms with van der Waals surface area (Å²) in [5.74, 6) is -1.02. The first-order valence-corrected chi connectivity index (χ1v) is 6.09. The van der Waals surface area contributed by atoms with Crippen LogP contribution in [0, 0.1) is 12.8 Å². The summed E-state index contributed by atoms with van der Waals surface area (Å²) in [4.78, 5) is 11.0. The van der Waals surface area contributed by atoms with Gasteiger partial charge in [0.15, 0.2) is 0 Å². The predicted octanol–water partition coefficient (Wildman–Crippen LogP) is 2.48. The van der Waals surface area contributed by atoms with Gasteiger partial charge in [0.25, 0.3) is 0 Å². The molecule has 1 aliphatic rings. The standard InChI is InChI=1S/C14H15NO3/c1-8-7-18-12-4-2-3-10(13(8)12)11-5-9(6-15-11)14(16)17/h2-4,7,9,11,15H,5-6H2,1H3,(H,16,17). The normalized spacial score (nSPS) is 23.6. The lowest BCUT2D eigenvalue weighted by atomic mass is 9.96. The zero-order valence-corrected chi connectivity index (χ0v) is 10.1. The van der Waals surface area contributed by atoms with Crippen molar-refractivity contribution in [2.45, 2.75) is 19.4 Å². The van der Waals surface area contributed by atoms with Crippen molar-refractivity contribution in [3.63, 3.8) is 0 Å². The molecule has 18 heavy (non-hydrogen) atoms. The van der Waals surface area contributed by atoms with Crippen molar-refractivity contribution in [1.29, 1.82) is 0 Å². The van der Waals surface area contributed by atoms with Crippen molar-refractivity contribution in [3.8, 4) is 0 Å². The molecule has 2 heterocycles. The molecule has 94 valence electrons. The van der Waals surface area contributed by atoms with E-state index in [0.29, 0.717) is 13.0 Å². The third kappa shape index (κ3) is 1.69.